The number of fused-ring (bicyclic) bond motifs is 10. The first-order chi connectivity index (χ1) is 23.3. The van der Waals surface area contributed by atoms with Gasteiger partial charge in [-0.1, -0.05) is 20.8 Å². The number of hydrogen-bond donors (Lipinski definition) is 2. The molecule has 0 spiro atoms. The first-order valence-electron chi connectivity index (χ1n) is 18.8. The van der Waals surface area contributed by atoms with Crippen molar-refractivity contribution in [3.8, 4) is 0 Å². The summed E-state index contributed by atoms with van der Waals surface area (Å²) in [5.74, 6) is -1.74. The second-order valence-electron chi connectivity index (χ2n) is 17.0. The van der Waals surface area contributed by atoms with E-state index in [2.05, 4.69) is 29.1 Å². The number of carbonyl (C=O) groups excluding carboxylic acids is 3. The normalized spacial score (nSPS) is 45.4. The van der Waals surface area contributed by atoms with Crippen LogP contribution in [0.15, 0.2) is 0 Å². The SMILES string of the molecule is CC[C@H]1OC(=O)C2(C)CCOC(C)(C[C@@H](C)CN(C)[C@H](C)[C@H]3NC(=O)O[C@@]31C)[C@H](O[C@@H]1O[C@H](CN(C)C3CC3)C[C@H](N(C)C)[C@H]1O)[C@@H](C)C2=O. The molecule has 13 nitrogen and oxygen atoms in total. The van der Waals surface area contributed by atoms with Gasteiger partial charge in [0.15, 0.2) is 17.7 Å². The Morgan fingerprint density at radius 2 is 1.76 bits per heavy atom. The highest BCUT2D eigenvalue weighted by atomic mass is 16.7. The van der Waals surface area contributed by atoms with Crippen LogP contribution in [-0.2, 0) is 33.3 Å². The van der Waals surface area contributed by atoms with Crippen molar-refractivity contribution >= 4 is 17.8 Å². The average Bonchev–Trinajstić information content (AvgIpc) is 3.85. The van der Waals surface area contributed by atoms with Gasteiger partial charge in [-0.2, -0.15) is 0 Å². The molecule has 0 aromatic carbocycles. The largest absolute Gasteiger partial charge is 0.457 e. The van der Waals surface area contributed by atoms with Crippen molar-refractivity contribution < 1.29 is 43.2 Å². The molecule has 13 atom stereocenters. The Balaban J connectivity index is 1.52. The summed E-state index contributed by atoms with van der Waals surface area (Å²) in [5.41, 5.74) is -3.68. The van der Waals surface area contributed by atoms with Crippen LogP contribution < -0.4 is 5.32 Å². The molecule has 2 N–H and O–H groups in total. The van der Waals surface area contributed by atoms with Crippen LogP contribution in [0.5, 0.6) is 0 Å². The zero-order valence-electron chi connectivity index (χ0n) is 32.3. The number of hydrogen-bond acceptors (Lipinski definition) is 12. The van der Waals surface area contributed by atoms with E-state index in [4.69, 9.17) is 23.7 Å². The van der Waals surface area contributed by atoms with Crippen LogP contribution in [-0.4, -0.2) is 152 Å². The predicted molar refractivity (Wildman–Crippen MR) is 186 cm³/mol. The number of likely N-dealkylation sites (N-methyl/N-ethyl adjacent to an activating group) is 3. The molecule has 2 bridgehead atoms. The molecule has 5 aliphatic heterocycles. The van der Waals surface area contributed by atoms with Crippen LogP contribution in [0, 0.1) is 17.3 Å². The molecule has 6 rings (SSSR count). The number of carbonyl (C=O) groups is 3. The first-order valence-corrected chi connectivity index (χ1v) is 18.8. The Kier molecular flexibility index (Phi) is 11.7. The summed E-state index contributed by atoms with van der Waals surface area (Å²) in [7, 11) is 8.02. The zero-order chi connectivity index (χ0) is 36.9. The molecule has 5 saturated heterocycles. The van der Waals surface area contributed by atoms with E-state index >= 15 is 0 Å². The van der Waals surface area contributed by atoms with Gasteiger partial charge >= 0.3 is 12.1 Å². The highest BCUT2D eigenvalue weighted by molar-refractivity contribution is 6.04. The summed E-state index contributed by atoms with van der Waals surface area (Å²) < 4.78 is 32.3. The van der Waals surface area contributed by atoms with Crippen molar-refractivity contribution in [3.63, 3.8) is 0 Å². The van der Waals surface area contributed by atoms with Crippen molar-refractivity contribution in [3.05, 3.63) is 0 Å². The average molecular weight is 709 g/mol. The maximum absolute atomic E-state index is 14.7. The fourth-order valence-electron chi connectivity index (χ4n) is 9.26. The Bertz CT molecular complexity index is 1250. The van der Waals surface area contributed by atoms with Gasteiger partial charge in [-0.25, -0.2) is 4.79 Å². The van der Waals surface area contributed by atoms with E-state index in [0.717, 1.165) is 0 Å². The third kappa shape index (κ3) is 7.61. The summed E-state index contributed by atoms with van der Waals surface area (Å²) in [4.78, 5) is 48.2. The Morgan fingerprint density at radius 1 is 1.08 bits per heavy atom. The van der Waals surface area contributed by atoms with Crippen LogP contribution in [0.25, 0.3) is 0 Å². The van der Waals surface area contributed by atoms with E-state index in [1.807, 2.05) is 46.8 Å². The van der Waals surface area contributed by atoms with Crippen LogP contribution >= 0.6 is 0 Å². The van der Waals surface area contributed by atoms with Gasteiger partial charge in [-0.05, 0) is 100 Å². The summed E-state index contributed by atoms with van der Waals surface area (Å²) in [6, 6.07) is -0.317. The molecule has 13 heteroatoms. The van der Waals surface area contributed by atoms with Crippen molar-refractivity contribution in [1.29, 1.82) is 0 Å². The molecule has 1 amide bonds. The number of rotatable bonds is 7. The van der Waals surface area contributed by atoms with E-state index in [1.165, 1.54) is 12.8 Å². The number of nitrogens with zero attached hydrogens (tertiary/aromatic N) is 3. The molecule has 286 valence electrons. The minimum absolute atomic E-state index is 0.0626. The fraction of sp³-hybridized carbons (Fsp3) is 0.919. The highest BCUT2D eigenvalue weighted by Crippen LogP contribution is 2.43. The minimum atomic E-state index is -1.56. The molecule has 0 radical (unpaired) electrons. The summed E-state index contributed by atoms with van der Waals surface area (Å²) in [6.45, 7) is 14.7. The van der Waals surface area contributed by atoms with Crippen LogP contribution in [0.3, 0.4) is 0 Å². The van der Waals surface area contributed by atoms with Crippen molar-refractivity contribution in [1.82, 2.24) is 20.0 Å². The van der Waals surface area contributed by atoms with Crippen LogP contribution in [0.1, 0.15) is 87.0 Å². The molecule has 50 heavy (non-hydrogen) atoms. The van der Waals surface area contributed by atoms with Gasteiger partial charge in [-0.15, -0.1) is 0 Å². The quantitative estimate of drug-likeness (QED) is 0.297. The number of aliphatic hydroxyl groups is 1. The van der Waals surface area contributed by atoms with E-state index in [1.54, 1.807) is 20.8 Å². The number of esters is 1. The number of ketones is 1. The maximum Gasteiger partial charge on any atom is 0.408 e. The lowest BCUT2D eigenvalue weighted by Gasteiger charge is -2.49. The third-order valence-electron chi connectivity index (χ3n) is 12.6. The molecule has 0 aromatic heterocycles. The number of nitrogens with one attached hydrogen (secondary N) is 1. The fourth-order valence-corrected chi connectivity index (χ4v) is 9.26. The Labute approximate surface area is 299 Å². The van der Waals surface area contributed by atoms with E-state index in [9.17, 15) is 19.5 Å². The first kappa shape index (κ1) is 39.3. The lowest BCUT2D eigenvalue weighted by Crippen LogP contribution is -2.62. The molecule has 1 saturated carbocycles. The lowest BCUT2D eigenvalue weighted by atomic mass is 9.70. The molecule has 1 aliphatic carbocycles. The van der Waals surface area contributed by atoms with Crippen molar-refractivity contribution in [2.75, 3.05) is 47.9 Å². The smallest absolute Gasteiger partial charge is 0.408 e. The minimum Gasteiger partial charge on any atom is -0.457 e. The molecule has 6 aliphatic rings. The summed E-state index contributed by atoms with van der Waals surface area (Å²) in [6.07, 6.45) is -0.349. The topological polar surface area (TPSA) is 139 Å². The van der Waals surface area contributed by atoms with Crippen molar-refractivity contribution in [2.24, 2.45) is 17.3 Å². The molecule has 0 aromatic rings. The van der Waals surface area contributed by atoms with Crippen LogP contribution in [0.2, 0.25) is 0 Å². The predicted octanol–water partition coefficient (Wildman–Crippen LogP) is 2.81. The van der Waals surface area contributed by atoms with Crippen LogP contribution in [0.4, 0.5) is 4.79 Å². The van der Waals surface area contributed by atoms with Gasteiger partial charge in [0, 0.05) is 43.7 Å². The molecular formula is C37H64N4O9. The van der Waals surface area contributed by atoms with Gasteiger partial charge in [0.25, 0.3) is 0 Å². The molecule has 6 fully saturated rings. The summed E-state index contributed by atoms with van der Waals surface area (Å²) in [5, 5.41) is 14.7. The second kappa shape index (κ2) is 14.9. The molecular weight excluding hydrogens is 644 g/mol. The van der Waals surface area contributed by atoms with Gasteiger partial charge in [0.2, 0.25) is 0 Å². The standard InChI is InChI=1S/C37H64N4O9/c1-12-27-37(7)29(38-34(45)50-37)23(4)40(10)19-21(2)18-36(6)31(22(3)30(43)35(5,15-16-46-36)33(44)48-27)49-32-28(42)26(39(8)9)17-25(47-32)20-41(11)24-13-14-24/h21-29,31-32,42H,12-20H2,1-11H3,(H,38,45)/t21-,22+,23-,25+,26+,27-,28-,29-,31-,32+,35?,36?,37-/m1/s1. The monoisotopic (exact) mass is 708 g/mol. The molecule has 2 unspecified atom stereocenters. The van der Waals surface area contributed by atoms with Gasteiger partial charge in [0.1, 0.15) is 17.6 Å². The van der Waals surface area contributed by atoms with Gasteiger partial charge in [0.05, 0.1) is 23.9 Å². The number of alkyl carbamates (subject to hydrolysis) is 1. The zero-order valence-corrected chi connectivity index (χ0v) is 32.3. The third-order valence-corrected chi connectivity index (χ3v) is 12.6. The molecule has 5 heterocycles. The van der Waals surface area contributed by atoms with E-state index in [-0.39, 0.29) is 42.9 Å². The van der Waals surface area contributed by atoms with Gasteiger partial charge < -0.3 is 48.8 Å². The van der Waals surface area contributed by atoms with Crippen molar-refractivity contribution in [2.45, 2.75) is 153 Å². The number of amides is 1. The highest BCUT2D eigenvalue weighted by Gasteiger charge is 2.59. The maximum atomic E-state index is 14.7. The second-order valence-corrected chi connectivity index (χ2v) is 17.0. The Morgan fingerprint density at radius 3 is 2.38 bits per heavy atom. The van der Waals surface area contributed by atoms with E-state index < -0.39 is 65.2 Å². The Hall–Kier alpha value is -1.87. The number of aliphatic hydroxyl groups excluding tert-OH is 1. The summed E-state index contributed by atoms with van der Waals surface area (Å²) >= 11 is 0. The number of ether oxygens (including phenoxy) is 5. The van der Waals surface area contributed by atoms with E-state index in [0.29, 0.717) is 38.4 Å². The number of Topliss-reactive ketones (excluding diaryl/α,β-unsaturated/α-hetero) is 1. The van der Waals surface area contributed by atoms with Gasteiger partial charge in [-0.3, -0.25) is 9.59 Å². The lowest BCUT2D eigenvalue weighted by molar-refractivity contribution is -0.303.